The smallest absolute Gasteiger partial charge is 0.338 e. The van der Waals surface area contributed by atoms with Crippen molar-refractivity contribution in [1.82, 2.24) is 4.90 Å². The Morgan fingerprint density at radius 1 is 1.00 bits per heavy atom. The van der Waals surface area contributed by atoms with E-state index in [1.54, 1.807) is 35.2 Å². The van der Waals surface area contributed by atoms with E-state index in [9.17, 15) is 18.4 Å². The highest BCUT2D eigenvalue weighted by Crippen LogP contribution is 2.35. The third kappa shape index (κ3) is 6.75. The van der Waals surface area contributed by atoms with Crippen LogP contribution >= 0.6 is 0 Å². The van der Waals surface area contributed by atoms with Gasteiger partial charge in [0.1, 0.15) is 11.4 Å². The topological polar surface area (TPSA) is 65.1 Å². The number of ether oxygens (including phenoxy) is 3. The van der Waals surface area contributed by atoms with Crippen LogP contribution in [0.15, 0.2) is 72.8 Å². The maximum Gasteiger partial charge on any atom is 0.338 e. The summed E-state index contributed by atoms with van der Waals surface area (Å²) in [6, 6.07) is 19.5. The van der Waals surface area contributed by atoms with Gasteiger partial charge in [-0.2, -0.15) is 0 Å². The van der Waals surface area contributed by atoms with Crippen LogP contribution in [0.3, 0.4) is 0 Å². The zero-order valence-electron chi connectivity index (χ0n) is 21.5. The maximum absolute atomic E-state index is 14.2. The van der Waals surface area contributed by atoms with E-state index in [0.717, 1.165) is 17.7 Å². The van der Waals surface area contributed by atoms with E-state index < -0.39 is 23.2 Å². The summed E-state index contributed by atoms with van der Waals surface area (Å²) < 4.78 is 45.3. The molecule has 0 spiro atoms. The normalized spacial score (nSPS) is 17.3. The number of carbonyl (C=O) groups is 2. The number of nitrogens with zero attached hydrogens (tertiary/aromatic N) is 1. The fourth-order valence-corrected chi connectivity index (χ4v) is 4.50. The summed E-state index contributed by atoms with van der Waals surface area (Å²) in [6.45, 7) is 4.45. The van der Waals surface area contributed by atoms with E-state index in [1.165, 1.54) is 6.07 Å². The second-order valence-electron chi connectivity index (χ2n) is 9.53. The Bertz CT molecular complexity index is 1270. The summed E-state index contributed by atoms with van der Waals surface area (Å²) in [5.41, 5.74) is 0.397. The minimum atomic E-state index is -1.18. The molecule has 3 aromatic carbocycles. The van der Waals surface area contributed by atoms with Gasteiger partial charge in [-0.25, -0.2) is 13.6 Å². The van der Waals surface area contributed by atoms with Gasteiger partial charge in [0.05, 0.1) is 37.8 Å². The molecule has 1 aliphatic rings. The molecule has 1 atom stereocenters. The zero-order valence-corrected chi connectivity index (χ0v) is 21.5. The third-order valence-electron chi connectivity index (χ3n) is 6.36. The van der Waals surface area contributed by atoms with Crippen molar-refractivity contribution >= 4 is 11.9 Å². The van der Waals surface area contributed by atoms with Crippen LogP contribution in [-0.4, -0.2) is 49.2 Å². The summed E-state index contributed by atoms with van der Waals surface area (Å²) in [7, 11) is 0. The summed E-state index contributed by atoms with van der Waals surface area (Å²) >= 11 is 0. The molecule has 6 nitrogen and oxygen atoms in total. The quantitative estimate of drug-likeness (QED) is 0.357. The fraction of sp³-hybridized carbons (Fsp3) is 0.333. The number of hydrogen-bond acceptors (Lipinski definition) is 5. The molecule has 1 aliphatic heterocycles. The molecule has 38 heavy (non-hydrogen) atoms. The Kier molecular flexibility index (Phi) is 8.73. The Labute approximate surface area is 221 Å². The molecular formula is C30H31F2NO5. The van der Waals surface area contributed by atoms with Gasteiger partial charge in [0, 0.05) is 13.0 Å². The second kappa shape index (κ2) is 12.2. The number of carbonyl (C=O) groups excluding carboxylic acids is 2. The average molecular weight is 524 g/mol. The first kappa shape index (κ1) is 27.3. The molecule has 1 saturated heterocycles. The SMILES string of the molecule is CC(C)Oc1cccc(CC(=O)N2CCOC(CCOC(=O)c3ccccc3)(c3ccc(F)c(F)c3)C2)c1. The van der Waals surface area contributed by atoms with Crippen LogP contribution < -0.4 is 4.74 Å². The van der Waals surface area contributed by atoms with Crippen LogP contribution in [0.5, 0.6) is 5.75 Å². The van der Waals surface area contributed by atoms with Gasteiger partial charge in [0.15, 0.2) is 11.6 Å². The molecule has 0 aromatic heterocycles. The van der Waals surface area contributed by atoms with E-state index in [0.29, 0.717) is 23.4 Å². The van der Waals surface area contributed by atoms with E-state index in [1.807, 2.05) is 38.1 Å². The van der Waals surface area contributed by atoms with Crippen LogP contribution in [0.1, 0.15) is 41.8 Å². The first-order valence-corrected chi connectivity index (χ1v) is 12.6. The van der Waals surface area contributed by atoms with Gasteiger partial charge in [-0.1, -0.05) is 36.4 Å². The number of morpholine rings is 1. The molecule has 1 heterocycles. The molecule has 8 heteroatoms. The average Bonchev–Trinajstić information content (AvgIpc) is 2.90. The van der Waals surface area contributed by atoms with Gasteiger partial charge >= 0.3 is 5.97 Å². The minimum Gasteiger partial charge on any atom is -0.491 e. The zero-order chi connectivity index (χ0) is 27.1. The molecule has 3 aromatic rings. The number of rotatable bonds is 9. The summed E-state index contributed by atoms with van der Waals surface area (Å²) in [5.74, 6) is -1.95. The van der Waals surface area contributed by atoms with Crippen molar-refractivity contribution in [2.75, 3.05) is 26.3 Å². The Morgan fingerprint density at radius 2 is 1.79 bits per heavy atom. The van der Waals surface area contributed by atoms with Crippen molar-refractivity contribution in [3.8, 4) is 5.75 Å². The van der Waals surface area contributed by atoms with Crippen molar-refractivity contribution in [1.29, 1.82) is 0 Å². The highest BCUT2D eigenvalue weighted by atomic mass is 19.2. The lowest BCUT2D eigenvalue weighted by Crippen LogP contribution is -2.52. The lowest BCUT2D eigenvalue weighted by Gasteiger charge is -2.43. The van der Waals surface area contributed by atoms with Gasteiger partial charge < -0.3 is 19.1 Å². The minimum absolute atomic E-state index is 0.00732. The Morgan fingerprint density at radius 3 is 2.53 bits per heavy atom. The van der Waals surface area contributed by atoms with Crippen molar-refractivity contribution in [3.63, 3.8) is 0 Å². The second-order valence-corrected chi connectivity index (χ2v) is 9.53. The molecule has 0 radical (unpaired) electrons. The van der Waals surface area contributed by atoms with Crippen LogP contribution in [0, 0.1) is 11.6 Å². The largest absolute Gasteiger partial charge is 0.491 e. The van der Waals surface area contributed by atoms with Gasteiger partial charge in [-0.3, -0.25) is 4.79 Å². The van der Waals surface area contributed by atoms with Gasteiger partial charge in [0.25, 0.3) is 0 Å². The molecule has 1 unspecified atom stereocenters. The van der Waals surface area contributed by atoms with Gasteiger partial charge in [-0.15, -0.1) is 0 Å². The van der Waals surface area contributed by atoms with Gasteiger partial charge in [0.2, 0.25) is 5.91 Å². The van der Waals surface area contributed by atoms with Crippen molar-refractivity contribution in [3.05, 3.63) is 101 Å². The predicted octanol–water partition coefficient (Wildman–Crippen LogP) is 5.30. The Balaban J connectivity index is 1.51. The maximum atomic E-state index is 14.2. The number of benzene rings is 3. The van der Waals surface area contributed by atoms with Crippen LogP contribution in [0.4, 0.5) is 8.78 Å². The molecule has 0 N–H and O–H groups in total. The molecule has 4 rings (SSSR count). The van der Waals surface area contributed by atoms with Crippen LogP contribution in [0.25, 0.3) is 0 Å². The standard InChI is InChI=1S/C30H31F2NO5/c1-21(2)38-25-10-6-7-22(17-25)18-28(34)33-14-16-37-30(20-33,24-11-12-26(31)27(32)19-24)13-15-36-29(35)23-8-4-3-5-9-23/h3-12,17,19,21H,13-16,18,20H2,1-2H3. The van der Waals surface area contributed by atoms with Crippen molar-refractivity contribution in [2.24, 2.45) is 0 Å². The molecule has 0 saturated carbocycles. The predicted molar refractivity (Wildman–Crippen MR) is 138 cm³/mol. The van der Waals surface area contributed by atoms with Crippen molar-refractivity contribution < 1.29 is 32.6 Å². The van der Waals surface area contributed by atoms with E-state index in [-0.39, 0.29) is 44.6 Å². The molecule has 1 amide bonds. The van der Waals surface area contributed by atoms with Gasteiger partial charge in [-0.05, 0) is 61.4 Å². The monoisotopic (exact) mass is 523 g/mol. The molecular weight excluding hydrogens is 492 g/mol. The van der Waals surface area contributed by atoms with Crippen molar-refractivity contribution in [2.45, 2.75) is 38.4 Å². The highest BCUT2D eigenvalue weighted by molar-refractivity contribution is 5.89. The first-order valence-electron chi connectivity index (χ1n) is 12.6. The summed E-state index contributed by atoms with van der Waals surface area (Å²) in [6.07, 6.45) is 0.303. The van der Waals surface area contributed by atoms with E-state index >= 15 is 0 Å². The molecule has 0 aliphatic carbocycles. The number of hydrogen-bond donors (Lipinski definition) is 0. The van der Waals surface area contributed by atoms with Crippen LogP contribution in [-0.2, 0) is 26.3 Å². The molecule has 1 fully saturated rings. The lowest BCUT2D eigenvalue weighted by molar-refractivity contribution is -0.155. The number of esters is 1. The third-order valence-corrected chi connectivity index (χ3v) is 6.36. The Hall–Kier alpha value is -3.78. The summed E-state index contributed by atoms with van der Waals surface area (Å²) in [5, 5.41) is 0. The van der Waals surface area contributed by atoms with E-state index in [4.69, 9.17) is 14.2 Å². The highest BCUT2D eigenvalue weighted by Gasteiger charge is 2.40. The molecule has 0 bridgehead atoms. The first-order chi connectivity index (χ1) is 18.3. The number of halogens is 2. The van der Waals surface area contributed by atoms with Crippen LogP contribution in [0.2, 0.25) is 0 Å². The fourth-order valence-electron chi connectivity index (χ4n) is 4.50. The van der Waals surface area contributed by atoms with E-state index in [2.05, 4.69) is 0 Å². The summed E-state index contributed by atoms with van der Waals surface area (Å²) in [4.78, 5) is 27.4. The molecule has 200 valence electrons. The number of amides is 1. The lowest BCUT2D eigenvalue weighted by atomic mass is 9.88.